The second kappa shape index (κ2) is 11.0. The van der Waals surface area contributed by atoms with Crippen molar-refractivity contribution in [3.63, 3.8) is 0 Å². The maximum Gasteiger partial charge on any atom is 0.315 e. The second-order valence-electron chi connectivity index (χ2n) is 8.33. The number of carbonyl (C=O) groups excluding carboxylic acids is 2. The molecule has 178 valence electrons. The number of urea groups is 1. The Kier molecular flexibility index (Phi) is 8.01. The van der Waals surface area contributed by atoms with Crippen molar-refractivity contribution in [2.45, 2.75) is 18.4 Å². The van der Waals surface area contributed by atoms with Crippen molar-refractivity contribution in [1.82, 2.24) is 20.5 Å². The van der Waals surface area contributed by atoms with Gasteiger partial charge in [-0.15, -0.1) is 0 Å². The van der Waals surface area contributed by atoms with Crippen molar-refractivity contribution >= 4 is 55.4 Å². The van der Waals surface area contributed by atoms with Crippen molar-refractivity contribution in [3.8, 4) is 0 Å². The molecular formula is C25H25Br2ClN4O2. The Bertz CT molecular complexity index is 1170. The molecule has 0 radical (unpaired) electrons. The van der Waals surface area contributed by atoms with E-state index in [1.165, 1.54) is 5.56 Å². The highest BCUT2D eigenvalue weighted by molar-refractivity contribution is 9.13. The van der Waals surface area contributed by atoms with Gasteiger partial charge in [0.2, 0.25) is 0 Å². The summed E-state index contributed by atoms with van der Waals surface area (Å²) in [5, 5.41) is 9.48. The lowest BCUT2D eigenvalue weighted by Crippen LogP contribution is -2.42. The van der Waals surface area contributed by atoms with E-state index < -0.39 is 0 Å². The minimum absolute atomic E-state index is 0.130. The average molecular weight is 609 g/mol. The molecule has 1 heterocycles. The zero-order chi connectivity index (χ0) is 24.2. The van der Waals surface area contributed by atoms with Crippen LogP contribution < -0.4 is 16.0 Å². The van der Waals surface area contributed by atoms with Crippen molar-refractivity contribution in [2.75, 3.05) is 13.1 Å². The number of hydrogen-bond donors (Lipinski definition) is 3. The molecule has 1 aromatic heterocycles. The van der Waals surface area contributed by atoms with Crippen LogP contribution in [0.4, 0.5) is 4.79 Å². The minimum Gasteiger partial charge on any atom is -0.349 e. The van der Waals surface area contributed by atoms with E-state index >= 15 is 0 Å². The van der Waals surface area contributed by atoms with Gasteiger partial charge in [-0.1, -0.05) is 54.1 Å². The topological polar surface area (TPSA) is 75.2 Å². The third-order valence-corrected chi connectivity index (χ3v) is 8.40. The van der Waals surface area contributed by atoms with Crippen LogP contribution >= 0.6 is 43.5 Å². The van der Waals surface area contributed by atoms with E-state index in [2.05, 4.69) is 59.9 Å². The first-order chi connectivity index (χ1) is 16.3. The molecule has 0 spiro atoms. The molecule has 1 aliphatic carbocycles. The molecule has 9 heteroatoms. The van der Waals surface area contributed by atoms with Crippen LogP contribution in [-0.4, -0.2) is 29.6 Å². The van der Waals surface area contributed by atoms with Crippen LogP contribution in [0.5, 0.6) is 0 Å². The first kappa shape index (κ1) is 24.8. The molecule has 2 aromatic carbocycles. The highest BCUT2D eigenvalue weighted by Gasteiger charge is 2.45. The van der Waals surface area contributed by atoms with Gasteiger partial charge in [0.25, 0.3) is 5.91 Å². The van der Waals surface area contributed by atoms with Gasteiger partial charge in [0.05, 0.1) is 15.1 Å². The fourth-order valence-corrected chi connectivity index (χ4v) is 5.08. The molecule has 4 rings (SSSR count). The number of nitrogens with one attached hydrogen (secondary N) is 3. The quantitative estimate of drug-likeness (QED) is 0.284. The molecule has 3 aromatic rings. The minimum atomic E-state index is -0.266. The highest BCUT2D eigenvalue weighted by atomic mass is 79.9. The normalized spacial score (nSPS) is 17.6. The van der Waals surface area contributed by atoms with E-state index in [0.29, 0.717) is 35.6 Å². The van der Waals surface area contributed by atoms with Crippen LogP contribution in [0, 0.1) is 5.92 Å². The number of nitrogens with zero attached hydrogens (tertiary/aromatic N) is 1. The SMILES string of the molecule is Cn1c(C(=O)NCCNC(=O)NC(c2ccc(Cl)cc2)C2CC2c2ccccc2)cc(Br)c1Br. The lowest BCUT2D eigenvalue weighted by molar-refractivity contribution is 0.0945. The number of carbonyl (C=O) groups is 2. The maximum atomic E-state index is 12.7. The van der Waals surface area contributed by atoms with E-state index in [-0.39, 0.29) is 18.0 Å². The van der Waals surface area contributed by atoms with Crippen LogP contribution in [0.3, 0.4) is 0 Å². The first-order valence-electron chi connectivity index (χ1n) is 11.0. The van der Waals surface area contributed by atoms with E-state index in [1.54, 1.807) is 17.7 Å². The third-order valence-electron chi connectivity index (χ3n) is 6.06. The van der Waals surface area contributed by atoms with Gasteiger partial charge < -0.3 is 20.5 Å². The molecule has 1 saturated carbocycles. The number of benzene rings is 2. The zero-order valence-corrected chi connectivity index (χ0v) is 22.5. The standard InChI is InChI=1S/C25H25Br2ClN4O2/c1-32-21(14-20(26)23(32)27)24(33)29-11-12-30-25(34)31-22(16-7-9-17(28)10-8-16)19-13-18(19)15-5-3-2-4-6-15/h2-10,14,18-19,22H,11-13H2,1H3,(H,29,33)(H2,30,31,34). The highest BCUT2D eigenvalue weighted by Crippen LogP contribution is 2.54. The van der Waals surface area contributed by atoms with Crippen molar-refractivity contribution < 1.29 is 9.59 Å². The molecule has 1 aliphatic rings. The van der Waals surface area contributed by atoms with E-state index in [1.807, 2.05) is 42.5 Å². The molecule has 3 amide bonds. The molecule has 34 heavy (non-hydrogen) atoms. The second-order valence-corrected chi connectivity index (χ2v) is 10.4. The van der Waals surface area contributed by atoms with Gasteiger partial charge in [0.15, 0.2) is 0 Å². The summed E-state index contributed by atoms with van der Waals surface area (Å²) in [5.74, 6) is 0.507. The maximum absolute atomic E-state index is 12.7. The summed E-state index contributed by atoms with van der Waals surface area (Å²) in [6.45, 7) is 0.624. The summed E-state index contributed by atoms with van der Waals surface area (Å²) in [6.07, 6.45) is 1.01. The summed E-state index contributed by atoms with van der Waals surface area (Å²) in [4.78, 5) is 25.1. The molecular weight excluding hydrogens is 584 g/mol. The largest absolute Gasteiger partial charge is 0.349 e. The Morgan fingerprint density at radius 3 is 2.38 bits per heavy atom. The molecule has 1 fully saturated rings. The fraction of sp³-hybridized carbons (Fsp3) is 0.280. The fourth-order valence-electron chi connectivity index (χ4n) is 4.17. The smallest absolute Gasteiger partial charge is 0.315 e. The lowest BCUT2D eigenvalue weighted by atomic mass is 9.99. The van der Waals surface area contributed by atoms with Gasteiger partial charge in [-0.3, -0.25) is 4.79 Å². The van der Waals surface area contributed by atoms with E-state index in [0.717, 1.165) is 21.1 Å². The van der Waals surface area contributed by atoms with Gasteiger partial charge in [-0.2, -0.15) is 0 Å². The monoisotopic (exact) mass is 606 g/mol. The number of hydrogen-bond acceptors (Lipinski definition) is 2. The molecule has 6 nitrogen and oxygen atoms in total. The number of aromatic nitrogens is 1. The Morgan fingerprint density at radius 2 is 1.74 bits per heavy atom. The van der Waals surface area contributed by atoms with Gasteiger partial charge >= 0.3 is 6.03 Å². The first-order valence-corrected chi connectivity index (χ1v) is 12.9. The number of rotatable bonds is 8. The van der Waals surface area contributed by atoms with Crippen LogP contribution in [-0.2, 0) is 7.05 Å². The average Bonchev–Trinajstić information content (AvgIpc) is 3.59. The molecule has 0 saturated heterocycles. The van der Waals surface area contributed by atoms with Gasteiger partial charge in [0.1, 0.15) is 5.69 Å². The molecule has 3 N–H and O–H groups in total. The molecule has 0 bridgehead atoms. The summed E-state index contributed by atoms with van der Waals surface area (Å²) >= 11 is 12.9. The van der Waals surface area contributed by atoms with Crippen LogP contribution in [0.15, 0.2) is 69.7 Å². The summed E-state index contributed by atoms with van der Waals surface area (Å²) in [6, 6.07) is 19.3. The van der Waals surface area contributed by atoms with Crippen LogP contribution in [0.25, 0.3) is 0 Å². The summed E-state index contributed by atoms with van der Waals surface area (Å²) in [7, 11) is 1.80. The predicted molar refractivity (Wildman–Crippen MR) is 141 cm³/mol. The number of halogens is 3. The van der Waals surface area contributed by atoms with Gasteiger partial charge in [-0.25, -0.2) is 4.79 Å². The van der Waals surface area contributed by atoms with E-state index in [4.69, 9.17) is 11.6 Å². The van der Waals surface area contributed by atoms with Crippen molar-refractivity contribution in [2.24, 2.45) is 13.0 Å². The third kappa shape index (κ3) is 5.85. The molecule has 3 atom stereocenters. The van der Waals surface area contributed by atoms with E-state index in [9.17, 15) is 9.59 Å². The molecule has 3 unspecified atom stereocenters. The van der Waals surface area contributed by atoms with Gasteiger partial charge in [-0.05, 0) is 79.4 Å². The predicted octanol–water partition coefficient (Wildman–Crippen LogP) is 5.78. The van der Waals surface area contributed by atoms with Crippen molar-refractivity contribution in [3.05, 3.63) is 91.6 Å². The zero-order valence-electron chi connectivity index (χ0n) is 18.5. The van der Waals surface area contributed by atoms with Crippen LogP contribution in [0.1, 0.15) is 40.0 Å². The Labute approximate surface area is 220 Å². The Hall–Kier alpha value is -2.29. The summed E-state index contributed by atoms with van der Waals surface area (Å²) in [5.41, 5.74) is 2.83. The summed E-state index contributed by atoms with van der Waals surface area (Å²) < 4.78 is 3.34. The molecule has 0 aliphatic heterocycles. The number of amides is 3. The Balaban J connectivity index is 1.32. The Morgan fingerprint density at radius 1 is 1.06 bits per heavy atom. The van der Waals surface area contributed by atoms with Crippen molar-refractivity contribution in [1.29, 1.82) is 0 Å². The van der Waals surface area contributed by atoms with Gasteiger partial charge in [0, 0.05) is 25.2 Å². The van der Waals surface area contributed by atoms with Crippen LogP contribution in [0.2, 0.25) is 5.02 Å². The lowest BCUT2D eigenvalue weighted by Gasteiger charge is -2.20.